The van der Waals surface area contributed by atoms with Gasteiger partial charge in [0.15, 0.2) is 0 Å². The molecule has 1 aliphatic heterocycles. The Balaban J connectivity index is 2.42. The number of hydrogen-bond acceptors (Lipinski definition) is 4. The Kier molecular flexibility index (Phi) is 4.71. The van der Waals surface area contributed by atoms with Crippen molar-refractivity contribution in [3.8, 4) is 0 Å². The minimum atomic E-state index is -3.51. The van der Waals surface area contributed by atoms with Gasteiger partial charge in [-0.2, -0.15) is 4.31 Å². The maximum absolute atomic E-state index is 12.8. The van der Waals surface area contributed by atoms with Crippen molar-refractivity contribution in [2.75, 3.05) is 25.5 Å². The number of halogens is 1. The van der Waals surface area contributed by atoms with Crippen LogP contribution in [-0.2, 0) is 10.0 Å². The SMILES string of the molecule is CNc1ncc(Br)cc1S(=O)(=O)N1CC(C)CC(C)C1. The summed E-state index contributed by atoms with van der Waals surface area (Å²) in [5.41, 5.74) is 0. The number of anilines is 1. The summed E-state index contributed by atoms with van der Waals surface area (Å²) in [7, 11) is -1.84. The summed E-state index contributed by atoms with van der Waals surface area (Å²) in [4.78, 5) is 4.36. The maximum Gasteiger partial charge on any atom is 0.246 e. The average Bonchev–Trinajstić information content (AvgIpc) is 2.37. The molecule has 112 valence electrons. The summed E-state index contributed by atoms with van der Waals surface area (Å²) >= 11 is 3.29. The molecule has 0 aromatic carbocycles. The fraction of sp³-hybridized carbons (Fsp3) is 0.615. The van der Waals surface area contributed by atoms with Crippen LogP contribution in [0.4, 0.5) is 5.82 Å². The standard InChI is InChI=1S/C13H20BrN3O2S/c1-9-4-10(2)8-17(7-9)20(18,19)12-5-11(14)6-16-13(12)15-3/h5-6,9-10H,4,7-8H2,1-3H3,(H,15,16). The van der Waals surface area contributed by atoms with Crippen LogP contribution in [0.5, 0.6) is 0 Å². The summed E-state index contributed by atoms with van der Waals surface area (Å²) in [6, 6.07) is 1.61. The van der Waals surface area contributed by atoms with Crippen LogP contribution in [0.3, 0.4) is 0 Å². The molecule has 0 amide bonds. The molecular weight excluding hydrogens is 342 g/mol. The van der Waals surface area contributed by atoms with E-state index < -0.39 is 10.0 Å². The molecular formula is C13H20BrN3O2S. The van der Waals surface area contributed by atoms with Gasteiger partial charge >= 0.3 is 0 Å². The molecule has 0 aliphatic carbocycles. The second-order valence-corrected chi connectivity index (χ2v) is 8.34. The van der Waals surface area contributed by atoms with Crippen LogP contribution in [0.2, 0.25) is 0 Å². The Labute approximate surface area is 129 Å². The average molecular weight is 362 g/mol. The van der Waals surface area contributed by atoms with Crippen LogP contribution in [0, 0.1) is 11.8 Å². The monoisotopic (exact) mass is 361 g/mol. The lowest BCUT2D eigenvalue weighted by atomic mass is 9.94. The highest BCUT2D eigenvalue weighted by Crippen LogP contribution is 2.30. The lowest BCUT2D eigenvalue weighted by Gasteiger charge is -2.34. The number of sulfonamides is 1. The molecule has 0 spiro atoms. The molecule has 0 radical (unpaired) electrons. The van der Waals surface area contributed by atoms with E-state index in [1.165, 1.54) is 0 Å². The molecule has 2 unspecified atom stereocenters. The van der Waals surface area contributed by atoms with E-state index in [9.17, 15) is 8.42 Å². The molecule has 2 heterocycles. The zero-order valence-corrected chi connectivity index (χ0v) is 14.3. The second kappa shape index (κ2) is 5.99. The number of nitrogens with one attached hydrogen (secondary N) is 1. The first-order valence-electron chi connectivity index (χ1n) is 6.68. The lowest BCUT2D eigenvalue weighted by molar-refractivity contribution is 0.222. The maximum atomic E-state index is 12.8. The van der Waals surface area contributed by atoms with Gasteiger partial charge in [-0.3, -0.25) is 0 Å². The summed E-state index contributed by atoms with van der Waals surface area (Å²) in [5, 5.41) is 2.85. The molecule has 0 bridgehead atoms. The Hall–Kier alpha value is -0.660. The van der Waals surface area contributed by atoms with Gasteiger partial charge in [-0.1, -0.05) is 13.8 Å². The Morgan fingerprint density at radius 3 is 2.50 bits per heavy atom. The highest BCUT2D eigenvalue weighted by atomic mass is 79.9. The van der Waals surface area contributed by atoms with Gasteiger partial charge in [0.25, 0.3) is 0 Å². The summed E-state index contributed by atoms with van der Waals surface area (Å²) in [6.45, 7) is 5.33. The van der Waals surface area contributed by atoms with E-state index >= 15 is 0 Å². The molecule has 1 N–H and O–H groups in total. The molecule has 0 saturated carbocycles. The van der Waals surface area contributed by atoms with Crippen molar-refractivity contribution < 1.29 is 8.42 Å². The molecule has 1 aromatic heterocycles. The van der Waals surface area contributed by atoms with E-state index in [0.29, 0.717) is 35.2 Å². The van der Waals surface area contributed by atoms with Gasteiger partial charge < -0.3 is 5.32 Å². The van der Waals surface area contributed by atoms with E-state index in [4.69, 9.17) is 0 Å². The first kappa shape index (κ1) is 15.7. The summed E-state index contributed by atoms with van der Waals surface area (Å²) in [6.07, 6.45) is 2.66. The minimum Gasteiger partial charge on any atom is -0.372 e. The van der Waals surface area contributed by atoms with Crippen LogP contribution in [-0.4, -0.2) is 37.8 Å². The molecule has 1 fully saturated rings. The van der Waals surface area contributed by atoms with Crippen LogP contribution in [0.15, 0.2) is 21.6 Å². The van der Waals surface area contributed by atoms with Crippen molar-refractivity contribution in [2.45, 2.75) is 25.2 Å². The third-order valence-corrected chi connectivity index (χ3v) is 5.79. The van der Waals surface area contributed by atoms with E-state index in [1.54, 1.807) is 23.6 Å². The van der Waals surface area contributed by atoms with Crippen molar-refractivity contribution in [2.24, 2.45) is 11.8 Å². The first-order valence-corrected chi connectivity index (χ1v) is 8.91. The lowest BCUT2D eigenvalue weighted by Crippen LogP contribution is -2.42. The largest absolute Gasteiger partial charge is 0.372 e. The zero-order chi connectivity index (χ0) is 14.9. The summed E-state index contributed by atoms with van der Waals surface area (Å²) < 4.78 is 27.9. The van der Waals surface area contributed by atoms with Gasteiger partial charge in [0.2, 0.25) is 10.0 Å². The van der Waals surface area contributed by atoms with Crippen LogP contribution >= 0.6 is 15.9 Å². The van der Waals surface area contributed by atoms with Crippen LogP contribution < -0.4 is 5.32 Å². The van der Waals surface area contributed by atoms with Crippen LogP contribution in [0.25, 0.3) is 0 Å². The van der Waals surface area contributed by atoms with E-state index in [2.05, 4.69) is 40.1 Å². The van der Waals surface area contributed by atoms with Crippen LogP contribution in [0.1, 0.15) is 20.3 Å². The highest BCUT2D eigenvalue weighted by molar-refractivity contribution is 9.10. The van der Waals surface area contributed by atoms with Crippen molar-refractivity contribution in [3.05, 3.63) is 16.7 Å². The molecule has 1 saturated heterocycles. The number of piperidine rings is 1. The number of hydrogen-bond donors (Lipinski definition) is 1. The number of pyridine rings is 1. The van der Waals surface area contributed by atoms with E-state index in [-0.39, 0.29) is 4.90 Å². The van der Waals surface area contributed by atoms with Gasteiger partial charge in [0.1, 0.15) is 10.7 Å². The molecule has 1 aromatic rings. The second-order valence-electron chi connectivity index (χ2n) is 5.52. The molecule has 2 atom stereocenters. The minimum absolute atomic E-state index is 0.232. The van der Waals surface area contributed by atoms with Gasteiger partial charge in [0, 0.05) is 30.8 Å². The summed E-state index contributed by atoms with van der Waals surface area (Å²) in [5.74, 6) is 1.15. The molecule has 1 aliphatic rings. The predicted molar refractivity (Wildman–Crippen MR) is 83.2 cm³/mol. The number of nitrogens with zero attached hydrogens (tertiary/aromatic N) is 2. The number of aromatic nitrogens is 1. The topological polar surface area (TPSA) is 62.3 Å². The Bertz CT molecular complexity index is 581. The van der Waals surface area contributed by atoms with Gasteiger partial charge in [0.05, 0.1) is 0 Å². The van der Waals surface area contributed by atoms with Crippen molar-refractivity contribution in [1.82, 2.24) is 9.29 Å². The van der Waals surface area contributed by atoms with Crippen molar-refractivity contribution >= 4 is 31.8 Å². The normalized spacial score (nSPS) is 24.6. The smallest absolute Gasteiger partial charge is 0.246 e. The van der Waals surface area contributed by atoms with Gasteiger partial charge in [-0.05, 0) is 40.3 Å². The first-order chi connectivity index (χ1) is 9.34. The number of rotatable bonds is 3. The van der Waals surface area contributed by atoms with Crippen molar-refractivity contribution in [3.63, 3.8) is 0 Å². The van der Waals surface area contributed by atoms with E-state index in [0.717, 1.165) is 6.42 Å². The molecule has 5 nitrogen and oxygen atoms in total. The van der Waals surface area contributed by atoms with Gasteiger partial charge in [-0.25, -0.2) is 13.4 Å². The Morgan fingerprint density at radius 1 is 1.35 bits per heavy atom. The Morgan fingerprint density at radius 2 is 1.95 bits per heavy atom. The molecule has 2 rings (SSSR count). The fourth-order valence-corrected chi connectivity index (χ4v) is 5.08. The quantitative estimate of drug-likeness (QED) is 0.898. The molecule has 7 heteroatoms. The van der Waals surface area contributed by atoms with E-state index in [1.807, 2.05) is 0 Å². The zero-order valence-electron chi connectivity index (χ0n) is 11.9. The highest BCUT2D eigenvalue weighted by Gasteiger charge is 2.33. The van der Waals surface area contributed by atoms with Crippen molar-refractivity contribution in [1.29, 1.82) is 0 Å². The third-order valence-electron chi connectivity index (χ3n) is 3.51. The predicted octanol–water partition coefficient (Wildman–Crippen LogP) is 2.55. The molecule has 20 heavy (non-hydrogen) atoms. The van der Waals surface area contributed by atoms with Gasteiger partial charge in [-0.15, -0.1) is 0 Å². The fourth-order valence-electron chi connectivity index (χ4n) is 2.75. The third kappa shape index (κ3) is 3.15.